The quantitative estimate of drug-likeness (QED) is 0.329. The Morgan fingerprint density at radius 3 is 2.50 bits per heavy atom. The van der Waals surface area contributed by atoms with Gasteiger partial charge < -0.3 is 19.9 Å². The smallest absolute Gasteiger partial charge is 0.317 e. The lowest BCUT2D eigenvalue weighted by Gasteiger charge is -2.15. The van der Waals surface area contributed by atoms with Gasteiger partial charge in [-0.1, -0.05) is 24.3 Å². The first-order chi connectivity index (χ1) is 20.1. The van der Waals surface area contributed by atoms with Crippen molar-refractivity contribution in [3.63, 3.8) is 0 Å². The number of urea groups is 1. The SMILES string of the molecule is COCCN1CCC(c2ccc(F)c(F)c2)C1.Cc1c(-c2cc(C)c(=O)n(C)c2)nn(-c2ccccc2)c1NC(N)=O. The third-order valence-electron chi connectivity index (χ3n) is 7.30. The molecule has 2 amide bonds. The number of likely N-dealkylation sites (tertiary alicyclic amines) is 1. The van der Waals surface area contributed by atoms with Gasteiger partial charge in [-0.2, -0.15) is 5.10 Å². The van der Waals surface area contributed by atoms with Crippen LogP contribution in [0.4, 0.5) is 19.4 Å². The van der Waals surface area contributed by atoms with Gasteiger partial charge in [-0.15, -0.1) is 0 Å². The molecule has 42 heavy (non-hydrogen) atoms. The molecule has 222 valence electrons. The molecule has 0 aliphatic carbocycles. The number of nitrogens with two attached hydrogens (primary N) is 1. The first-order valence-corrected chi connectivity index (χ1v) is 13.6. The van der Waals surface area contributed by atoms with E-state index in [4.69, 9.17) is 10.5 Å². The van der Waals surface area contributed by atoms with Crippen LogP contribution in [0.2, 0.25) is 0 Å². The van der Waals surface area contributed by atoms with E-state index in [0.29, 0.717) is 29.6 Å². The van der Waals surface area contributed by atoms with Crippen molar-refractivity contribution in [1.29, 1.82) is 0 Å². The highest BCUT2D eigenvalue weighted by atomic mass is 19.2. The van der Waals surface area contributed by atoms with Crippen LogP contribution in [-0.4, -0.2) is 58.6 Å². The average Bonchev–Trinajstić information content (AvgIpc) is 3.57. The Bertz CT molecular complexity index is 1580. The molecule has 0 spiro atoms. The van der Waals surface area contributed by atoms with Crippen molar-refractivity contribution in [2.75, 3.05) is 38.7 Å². The van der Waals surface area contributed by atoms with Crippen LogP contribution in [0.25, 0.3) is 16.9 Å². The van der Waals surface area contributed by atoms with E-state index in [1.54, 1.807) is 44.1 Å². The fourth-order valence-electron chi connectivity index (χ4n) is 5.09. The minimum absolute atomic E-state index is 0.0561. The van der Waals surface area contributed by atoms with Crippen molar-refractivity contribution in [3.8, 4) is 16.9 Å². The minimum Gasteiger partial charge on any atom is -0.383 e. The molecule has 1 unspecified atom stereocenters. The largest absolute Gasteiger partial charge is 0.383 e. The third-order valence-corrected chi connectivity index (χ3v) is 7.30. The summed E-state index contributed by atoms with van der Waals surface area (Å²) in [6.07, 6.45) is 2.73. The molecule has 3 heterocycles. The zero-order chi connectivity index (χ0) is 30.4. The maximum Gasteiger partial charge on any atom is 0.317 e. The number of aryl methyl sites for hydroxylation is 2. The van der Waals surface area contributed by atoms with Gasteiger partial charge in [0.25, 0.3) is 5.56 Å². The molecule has 1 atom stereocenters. The number of hydrogen-bond donors (Lipinski definition) is 2. The van der Waals surface area contributed by atoms with Gasteiger partial charge in [0.1, 0.15) is 5.82 Å². The Balaban J connectivity index is 0.000000208. The summed E-state index contributed by atoms with van der Waals surface area (Å²) < 4.78 is 34.1. The van der Waals surface area contributed by atoms with Crippen molar-refractivity contribution in [2.45, 2.75) is 26.2 Å². The highest BCUT2D eigenvalue weighted by Crippen LogP contribution is 2.30. The molecule has 3 N–H and O–H groups in total. The number of nitrogens with one attached hydrogen (secondary N) is 1. The first kappa shape index (κ1) is 30.6. The summed E-state index contributed by atoms with van der Waals surface area (Å²) in [6.45, 7) is 7.12. The number of para-hydroxylation sites is 1. The van der Waals surface area contributed by atoms with Crippen LogP contribution >= 0.6 is 0 Å². The summed E-state index contributed by atoms with van der Waals surface area (Å²) in [4.78, 5) is 25.7. The van der Waals surface area contributed by atoms with Gasteiger partial charge in [0.05, 0.1) is 18.0 Å². The number of hydrogen-bond acceptors (Lipinski definition) is 5. The molecule has 0 bridgehead atoms. The number of methoxy groups -OCH3 is 1. The Morgan fingerprint density at radius 2 is 1.86 bits per heavy atom. The zero-order valence-electron chi connectivity index (χ0n) is 24.2. The van der Waals surface area contributed by atoms with Crippen molar-refractivity contribution in [1.82, 2.24) is 19.2 Å². The second-order valence-electron chi connectivity index (χ2n) is 10.3. The minimum atomic E-state index is -0.775. The predicted octanol–water partition coefficient (Wildman–Crippen LogP) is 4.75. The molecule has 1 aliphatic heterocycles. The second-order valence-corrected chi connectivity index (χ2v) is 10.3. The van der Waals surface area contributed by atoms with E-state index in [1.165, 1.54) is 16.7 Å². The molecular formula is C31H36F2N6O3. The number of carbonyl (C=O) groups is 1. The summed E-state index contributed by atoms with van der Waals surface area (Å²) in [6, 6.07) is 14.8. The number of benzene rings is 2. The standard InChI is InChI=1S/C18H19N5O2.C13H17F2NO/c1-11-9-13(10-22(3)17(11)24)15-12(2)16(20-18(19)25)23(21-15)14-7-5-4-6-8-14;1-17-7-6-16-5-4-11(9-16)10-2-3-12(14)13(15)8-10/h4-10H,1-3H3,(H3,19,20,25);2-3,8,11H,4-7,9H2,1H3. The van der Waals surface area contributed by atoms with Crippen LogP contribution in [0, 0.1) is 25.5 Å². The molecule has 9 nitrogen and oxygen atoms in total. The first-order valence-electron chi connectivity index (χ1n) is 13.6. The zero-order valence-corrected chi connectivity index (χ0v) is 24.2. The van der Waals surface area contributed by atoms with E-state index in [9.17, 15) is 18.4 Å². The Labute approximate surface area is 243 Å². The van der Waals surface area contributed by atoms with E-state index < -0.39 is 17.7 Å². The molecule has 1 aliphatic rings. The van der Waals surface area contributed by atoms with Crippen LogP contribution in [0.1, 0.15) is 29.0 Å². The predicted molar refractivity (Wildman–Crippen MR) is 159 cm³/mol. The lowest BCUT2D eigenvalue weighted by atomic mass is 9.98. The van der Waals surface area contributed by atoms with Crippen LogP contribution in [-0.2, 0) is 11.8 Å². The van der Waals surface area contributed by atoms with Crippen molar-refractivity contribution < 1.29 is 18.3 Å². The summed E-state index contributed by atoms with van der Waals surface area (Å²) in [5.41, 5.74) is 9.80. The normalized spacial score (nSPS) is 14.9. The summed E-state index contributed by atoms with van der Waals surface area (Å²) >= 11 is 0. The van der Waals surface area contributed by atoms with Crippen LogP contribution < -0.4 is 16.6 Å². The molecular weight excluding hydrogens is 542 g/mol. The fraction of sp³-hybridized carbons (Fsp3) is 0.323. The van der Waals surface area contributed by atoms with Gasteiger partial charge in [0.2, 0.25) is 0 Å². The number of halogens is 2. The van der Waals surface area contributed by atoms with Crippen molar-refractivity contribution >= 4 is 11.8 Å². The topological polar surface area (TPSA) is 107 Å². The molecule has 2 aromatic carbocycles. The summed E-state index contributed by atoms with van der Waals surface area (Å²) in [5, 5.41) is 7.29. The van der Waals surface area contributed by atoms with Crippen LogP contribution in [0.15, 0.2) is 65.6 Å². The summed E-state index contributed by atoms with van der Waals surface area (Å²) in [7, 11) is 3.38. The van der Waals surface area contributed by atoms with Crippen molar-refractivity contribution in [3.05, 3.63) is 99.5 Å². The van der Waals surface area contributed by atoms with E-state index >= 15 is 0 Å². The van der Waals surface area contributed by atoms with Gasteiger partial charge >= 0.3 is 6.03 Å². The van der Waals surface area contributed by atoms with Gasteiger partial charge in [-0.05, 0) is 68.6 Å². The number of pyridine rings is 1. The van der Waals surface area contributed by atoms with Gasteiger partial charge in [0, 0.05) is 50.1 Å². The van der Waals surface area contributed by atoms with Gasteiger partial charge in [0.15, 0.2) is 11.6 Å². The summed E-state index contributed by atoms with van der Waals surface area (Å²) in [5.74, 6) is -0.719. The number of nitrogens with zero attached hydrogens (tertiary/aromatic N) is 4. The molecule has 1 saturated heterocycles. The number of aromatic nitrogens is 3. The van der Waals surface area contributed by atoms with E-state index in [2.05, 4.69) is 15.3 Å². The maximum atomic E-state index is 13.1. The Hall–Kier alpha value is -4.35. The fourth-order valence-corrected chi connectivity index (χ4v) is 5.09. The molecule has 0 radical (unpaired) electrons. The van der Waals surface area contributed by atoms with E-state index in [0.717, 1.165) is 48.4 Å². The van der Waals surface area contributed by atoms with Gasteiger partial charge in [-0.3, -0.25) is 10.1 Å². The molecule has 5 rings (SSSR count). The Kier molecular flexibility index (Phi) is 9.87. The molecule has 0 saturated carbocycles. The molecule has 2 aromatic heterocycles. The van der Waals surface area contributed by atoms with E-state index in [-0.39, 0.29) is 5.56 Å². The lowest BCUT2D eigenvalue weighted by Crippen LogP contribution is -2.24. The van der Waals surface area contributed by atoms with Crippen LogP contribution in [0.5, 0.6) is 0 Å². The number of anilines is 1. The molecule has 4 aromatic rings. The van der Waals surface area contributed by atoms with E-state index in [1.807, 2.05) is 37.3 Å². The second kappa shape index (κ2) is 13.5. The number of ether oxygens (including phenoxy) is 1. The third kappa shape index (κ3) is 7.10. The molecule has 11 heteroatoms. The highest BCUT2D eigenvalue weighted by molar-refractivity contribution is 5.89. The number of carbonyl (C=O) groups excluding carboxylic acids is 1. The number of primary amides is 1. The van der Waals surface area contributed by atoms with Gasteiger partial charge in [-0.25, -0.2) is 18.3 Å². The average molecular weight is 579 g/mol. The number of rotatable bonds is 7. The Morgan fingerprint density at radius 1 is 1.12 bits per heavy atom. The lowest BCUT2D eigenvalue weighted by molar-refractivity contribution is 0.160. The number of amides is 2. The maximum absolute atomic E-state index is 13.1. The highest BCUT2D eigenvalue weighted by Gasteiger charge is 2.24. The van der Waals surface area contributed by atoms with Crippen molar-refractivity contribution in [2.24, 2.45) is 12.8 Å². The monoisotopic (exact) mass is 578 g/mol. The molecule has 1 fully saturated rings. The van der Waals surface area contributed by atoms with Crippen LogP contribution in [0.3, 0.4) is 0 Å².